The van der Waals surface area contributed by atoms with Crippen molar-refractivity contribution in [3.05, 3.63) is 63.1 Å². The molecule has 2 aromatic heterocycles. The van der Waals surface area contributed by atoms with Crippen LogP contribution in [-0.4, -0.2) is 25.2 Å². The second-order valence-corrected chi connectivity index (χ2v) is 6.81. The summed E-state index contributed by atoms with van der Waals surface area (Å²) in [6.45, 7) is 2.76. The Balaban J connectivity index is 1.74. The molecule has 0 aliphatic heterocycles. The third-order valence-corrected chi connectivity index (χ3v) is 4.78. The van der Waals surface area contributed by atoms with Crippen molar-refractivity contribution in [3.8, 4) is 17.2 Å². The van der Waals surface area contributed by atoms with Gasteiger partial charge < -0.3 is 15.0 Å². The van der Waals surface area contributed by atoms with Gasteiger partial charge in [-0.3, -0.25) is 9.32 Å². The summed E-state index contributed by atoms with van der Waals surface area (Å²) in [5, 5.41) is 3.58. The molecule has 0 radical (unpaired) electrons. The van der Waals surface area contributed by atoms with Gasteiger partial charge in [0.2, 0.25) is 5.82 Å². The number of carbonyl (C=O) groups excluding carboxylic acids is 1. The van der Waals surface area contributed by atoms with Gasteiger partial charge in [0, 0.05) is 12.6 Å². The molecule has 148 valence electrons. The van der Waals surface area contributed by atoms with Gasteiger partial charge in [-0.1, -0.05) is 23.2 Å². The average molecular weight is 434 g/mol. The zero-order valence-electron chi connectivity index (χ0n) is 14.9. The van der Waals surface area contributed by atoms with E-state index in [0.717, 1.165) is 22.1 Å². The molecule has 0 atom stereocenters. The minimum absolute atomic E-state index is 0.111. The van der Waals surface area contributed by atoms with Crippen LogP contribution < -0.4 is 16.2 Å². The van der Waals surface area contributed by atoms with Crippen LogP contribution in [0.4, 0.5) is 0 Å². The van der Waals surface area contributed by atoms with Crippen LogP contribution in [0.5, 0.6) is 11.5 Å². The first-order valence-electron chi connectivity index (χ1n) is 8.39. The smallest absolute Gasteiger partial charge is 0.446 e. The summed E-state index contributed by atoms with van der Waals surface area (Å²) in [5.41, 5.74) is 7.10. The van der Waals surface area contributed by atoms with E-state index in [4.69, 9.17) is 33.7 Å². The molecular formula is C18H13Cl2N5O4. The minimum Gasteiger partial charge on any atom is -0.454 e. The minimum atomic E-state index is -0.941. The van der Waals surface area contributed by atoms with E-state index in [2.05, 4.69) is 14.7 Å². The lowest BCUT2D eigenvalue weighted by Gasteiger charge is -2.12. The van der Waals surface area contributed by atoms with Crippen molar-refractivity contribution in [3.63, 3.8) is 0 Å². The maximum Gasteiger partial charge on any atom is 0.446 e. The van der Waals surface area contributed by atoms with Crippen molar-refractivity contribution in [1.29, 1.82) is 0 Å². The van der Waals surface area contributed by atoms with Gasteiger partial charge in [0.1, 0.15) is 5.75 Å². The molecule has 2 heterocycles. The van der Waals surface area contributed by atoms with E-state index in [1.165, 1.54) is 12.1 Å². The van der Waals surface area contributed by atoms with E-state index in [1.54, 1.807) is 12.4 Å². The fourth-order valence-corrected chi connectivity index (χ4v) is 3.43. The SMILES string of the molecule is CCn1cnc2ccc(Oc3c(Cl)cc(-n4c(C(N)=O)noc4=O)cc3Cl)cc21. The number of benzene rings is 2. The number of hydrogen-bond donors (Lipinski definition) is 1. The second-order valence-electron chi connectivity index (χ2n) is 5.99. The number of aromatic nitrogens is 4. The molecular weight excluding hydrogens is 421 g/mol. The molecule has 0 fully saturated rings. The predicted octanol–water partition coefficient (Wildman–Crippen LogP) is 3.39. The summed E-state index contributed by atoms with van der Waals surface area (Å²) in [5.74, 6) is -1.54. The largest absolute Gasteiger partial charge is 0.454 e. The fraction of sp³-hybridized carbons (Fsp3) is 0.111. The highest BCUT2D eigenvalue weighted by Crippen LogP contribution is 2.38. The first-order valence-corrected chi connectivity index (χ1v) is 9.15. The first-order chi connectivity index (χ1) is 13.9. The number of imidazole rings is 1. The third kappa shape index (κ3) is 3.34. The highest BCUT2D eigenvalue weighted by Gasteiger charge is 2.20. The lowest BCUT2D eigenvalue weighted by atomic mass is 10.2. The number of carbonyl (C=O) groups is 1. The Bertz CT molecular complexity index is 1280. The number of hydrogen-bond acceptors (Lipinski definition) is 6. The Morgan fingerprint density at radius 1 is 1.24 bits per heavy atom. The highest BCUT2D eigenvalue weighted by atomic mass is 35.5. The number of amides is 1. The summed E-state index contributed by atoms with van der Waals surface area (Å²) < 4.78 is 13.2. The van der Waals surface area contributed by atoms with Gasteiger partial charge in [-0.05, 0) is 36.3 Å². The molecule has 9 nitrogen and oxygen atoms in total. The van der Waals surface area contributed by atoms with Gasteiger partial charge in [0.05, 0.1) is 33.1 Å². The monoisotopic (exact) mass is 433 g/mol. The molecule has 0 spiro atoms. The number of aryl methyl sites for hydroxylation is 1. The number of halogens is 2. The van der Waals surface area contributed by atoms with E-state index in [0.29, 0.717) is 5.75 Å². The molecule has 4 aromatic rings. The Morgan fingerprint density at radius 2 is 1.97 bits per heavy atom. The lowest BCUT2D eigenvalue weighted by Crippen LogP contribution is -2.22. The molecule has 0 saturated heterocycles. The zero-order chi connectivity index (χ0) is 20.7. The standard InChI is InChI=1S/C18H13Cl2N5O4/c1-2-24-8-22-13-4-3-10(7-14(13)24)28-15-11(19)5-9(6-12(15)20)25-17(16(21)26)23-29-18(25)27/h3-8H,2H2,1H3,(H2,21,26). The molecule has 2 N–H and O–H groups in total. The quantitative estimate of drug-likeness (QED) is 0.515. The second kappa shape index (κ2) is 7.26. The van der Waals surface area contributed by atoms with E-state index in [9.17, 15) is 9.59 Å². The normalized spacial score (nSPS) is 11.1. The van der Waals surface area contributed by atoms with Gasteiger partial charge in [0.15, 0.2) is 5.75 Å². The summed E-state index contributed by atoms with van der Waals surface area (Å²) in [6, 6.07) is 8.17. The third-order valence-electron chi connectivity index (χ3n) is 4.22. The number of rotatable bonds is 5. The Morgan fingerprint density at radius 3 is 2.62 bits per heavy atom. The molecule has 0 saturated carbocycles. The van der Waals surface area contributed by atoms with Crippen LogP contribution in [0, 0.1) is 0 Å². The molecule has 0 aliphatic rings. The van der Waals surface area contributed by atoms with Crippen molar-refractivity contribution in [2.24, 2.45) is 5.73 Å². The van der Waals surface area contributed by atoms with E-state index >= 15 is 0 Å². The molecule has 11 heteroatoms. The molecule has 2 aromatic carbocycles. The molecule has 4 rings (SSSR count). The van der Waals surface area contributed by atoms with Gasteiger partial charge in [-0.15, -0.1) is 0 Å². The topological polar surface area (TPSA) is 118 Å². The van der Waals surface area contributed by atoms with E-state index in [-0.39, 0.29) is 27.3 Å². The Labute approximate surface area is 173 Å². The van der Waals surface area contributed by atoms with Crippen LogP contribution in [0.1, 0.15) is 17.5 Å². The summed E-state index contributed by atoms with van der Waals surface area (Å²) in [6.07, 6.45) is 1.75. The molecule has 0 aliphatic carbocycles. The first kappa shape index (κ1) is 19.0. The molecule has 29 heavy (non-hydrogen) atoms. The molecule has 1 amide bonds. The van der Waals surface area contributed by atoms with Crippen molar-refractivity contribution in [2.75, 3.05) is 0 Å². The number of ether oxygens (including phenoxy) is 1. The molecule has 0 bridgehead atoms. The number of nitrogens with two attached hydrogens (primary N) is 1. The van der Waals surface area contributed by atoms with Crippen LogP contribution in [-0.2, 0) is 6.54 Å². The zero-order valence-corrected chi connectivity index (χ0v) is 16.4. The summed E-state index contributed by atoms with van der Waals surface area (Å²) >= 11 is 12.7. The highest BCUT2D eigenvalue weighted by molar-refractivity contribution is 6.37. The van der Waals surface area contributed by atoms with Crippen LogP contribution in [0.25, 0.3) is 16.7 Å². The van der Waals surface area contributed by atoms with Gasteiger partial charge in [-0.25, -0.2) is 14.3 Å². The van der Waals surface area contributed by atoms with Gasteiger partial charge >= 0.3 is 5.76 Å². The van der Waals surface area contributed by atoms with Crippen LogP contribution in [0.2, 0.25) is 10.0 Å². The maximum absolute atomic E-state index is 11.9. The Kier molecular flexibility index (Phi) is 4.77. The predicted molar refractivity (Wildman–Crippen MR) is 106 cm³/mol. The van der Waals surface area contributed by atoms with E-state index in [1.807, 2.05) is 23.6 Å². The van der Waals surface area contributed by atoms with Crippen molar-refractivity contribution in [1.82, 2.24) is 19.3 Å². The van der Waals surface area contributed by atoms with Gasteiger partial charge in [0.25, 0.3) is 5.91 Å². The van der Waals surface area contributed by atoms with Crippen LogP contribution in [0.15, 0.2) is 46.0 Å². The maximum atomic E-state index is 11.9. The molecule has 0 unspecified atom stereocenters. The van der Waals surface area contributed by atoms with Gasteiger partial charge in [-0.2, -0.15) is 0 Å². The lowest BCUT2D eigenvalue weighted by molar-refractivity contribution is 0.0985. The number of nitrogens with zero attached hydrogens (tertiary/aromatic N) is 4. The fourth-order valence-electron chi connectivity index (χ4n) is 2.88. The number of fused-ring (bicyclic) bond motifs is 1. The van der Waals surface area contributed by atoms with Crippen LogP contribution in [0.3, 0.4) is 0 Å². The van der Waals surface area contributed by atoms with Crippen molar-refractivity contribution < 1.29 is 14.1 Å². The Hall–Kier alpha value is -3.30. The van der Waals surface area contributed by atoms with E-state index < -0.39 is 11.7 Å². The summed E-state index contributed by atoms with van der Waals surface area (Å²) in [4.78, 5) is 27.7. The average Bonchev–Trinajstić information content (AvgIpc) is 3.27. The number of primary amides is 1. The summed E-state index contributed by atoms with van der Waals surface area (Å²) in [7, 11) is 0. The van der Waals surface area contributed by atoms with Crippen molar-refractivity contribution >= 4 is 40.1 Å². The van der Waals surface area contributed by atoms with Crippen molar-refractivity contribution in [2.45, 2.75) is 13.5 Å². The van der Waals surface area contributed by atoms with Crippen LogP contribution >= 0.6 is 23.2 Å².